The Bertz CT molecular complexity index is 320. The van der Waals surface area contributed by atoms with Crippen molar-refractivity contribution in [2.45, 2.75) is 44.8 Å². The first kappa shape index (κ1) is 14.6. The molecule has 2 atom stereocenters. The van der Waals surface area contributed by atoms with Gasteiger partial charge < -0.3 is 19.7 Å². The predicted molar refractivity (Wildman–Crippen MR) is 73.1 cm³/mol. The molecule has 0 radical (unpaired) electrons. The highest BCUT2D eigenvalue weighted by Crippen LogP contribution is 2.33. The molecule has 1 heterocycles. The Kier molecular flexibility index (Phi) is 4.68. The molecule has 2 rings (SSSR count). The van der Waals surface area contributed by atoms with Crippen molar-refractivity contribution in [3.8, 4) is 0 Å². The standard InChI is InChI=1S/C14H26N2O3/c1-4-14(2)10-16(7-8-19-14)13(17)15-12(9-18-3)11-5-6-11/h11-12H,4-10H2,1-3H3,(H,15,17)/t12-,14-/m1/s1. The first-order valence-corrected chi connectivity index (χ1v) is 7.26. The molecule has 5 heteroatoms. The third kappa shape index (κ3) is 3.83. The number of rotatable bonds is 5. The summed E-state index contributed by atoms with van der Waals surface area (Å²) in [5, 5.41) is 3.12. The van der Waals surface area contributed by atoms with Crippen molar-refractivity contribution in [1.29, 1.82) is 0 Å². The highest BCUT2D eigenvalue weighted by molar-refractivity contribution is 5.74. The van der Waals surface area contributed by atoms with E-state index in [1.54, 1.807) is 7.11 Å². The lowest BCUT2D eigenvalue weighted by molar-refractivity contribution is -0.0876. The first-order valence-electron chi connectivity index (χ1n) is 7.26. The smallest absolute Gasteiger partial charge is 0.317 e. The summed E-state index contributed by atoms with van der Waals surface area (Å²) >= 11 is 0. The van der Waals surface area contributed by atoms with E-state index in [1.165, 1.54) is 12.8 Å². The minimum atomic E-state index is -0.202. The number of urea groups is 1. The van der Waals surface area contributed by atoms with E-state index >= 15 is 0 Å². The van der Waals surface area contributed by atoms with E-state index in [9.17, 15) is 4.79 Å². The van der Waals surface area contributed by atoms with Gasteiger partial charge in [0.15, 0.2) is 0 Å². The van der Waals surface area contributed by atoms with Crippen LogP contribution in [-0.4, -0.2) is 56.0 Å². The van der Waals surface area contributed by atoms with Crippen LogP contribution in [0.25, 0.3) is 0 Å². The van der Waals surface area contributed by atoms with Gasteiger partial charge in [-0.15, -0.1) is 0 Å². The Labute approximate surface area is 115 Å². The lowest BCUT2D eigenvalue weighted by atomic mass is 10.0. The number of carbonyl (C=O) groups is 1. The summed E-state index contributed by atoms with van der Waals surface area (Å²) in [7, 11) is 1.68. The Morgan fingerprint density at radius 3 is 2.89 bits per heavy atom. The number of hydrogen-bond acceptors (Lipinski definition) is 3. The van der Waals surface area contributed by atoms with Gasteiger partial charge in [0, 0.05) is 13.7 Å². The molecule has 1 aliphatic heterocycles. The average molecular weight is 270 g/mol. The van der Waals surface area contributed by atoms with Gasteiger partial charge in [-0.3, -0.25) is 0 Å². The second kappa shape index (κ2) is 6.09. The quantitative estimate of drug-likeness (QED) is 0.826. The maximum absolute atomic E-state index is 12.3. The molecule has 0 aromatic rings. The van der Waals surface area contributed by atoms with Crippen molar-refractivity contribution in [3.63, 3.8) is 0 Å². The van der Waals surface area contributed by atoms with Crippen LogP contribution in [0.1, 0.15) is 33.1 Å². The Hall–Kier alpha value is -0.810. The van der Waals surface area contributed by atoms with Gasteiger partial charge >= 0.3 is 6.03 Å². The number of morpholine rings is 1. The number of methoxy groups -OCH3 is 1. The van der Waals surface area contributed by atoms with Gasteiger partial charge in [0.2, 0.25) is 0 Å². The fourth-order valence-corrected chi connectivity index (χ4v) is 2.54. The number of nitrogens with one attached hydrogen (secondary N) is 1. The minimum Gasteiger partial charge on any atom is -0.383 e. The Balaban J connectivity index is 1.87. The van der Waals surface area contributed by atoms with Gasteiger partial charge in [-0.1, -0.05) is 6.92 Å². The predicted octanol–water partition coefficient (Wildman–Crippen LogP) is 1.62. The van der Waals surface area contributed by atoms with Crippen LogP contribution in [0.2, 0.25) is 0 Å². The second-order valence-electron chi connectivity index (χ2n) is 5.92. The van der Waals surface area contributed by atoms with Gasteiger partial charge in [0.25, 0.3) is 0 Å². The fourth-order valence-electron chi connectivity index (χ4n) is 2.54. The Morgan fingerprint density at radius 2 is 2.32 bits per heavy atom. The molecule has 1 aliphatic carbocycles. The lowest BCUT2D eigenvalue weighted by Crippen LogP contribution is -2.56. The molecular formula is C14H26N2O3. The normalized spacial score (nSPS) is 29.1. The third-order valence-corrected chi connectivity index (χ3v) is 4.22. The zero-order valence-electron chi connectivity index (χ0n) is 12.3. The number of amides is 2. The fraction of sp³-hybridized carbons (Fsp3) is 0.929. The molecule has 0 aromatic heterocycles. The van der Waals surface area contributed by atoms with Crippen LogP contribution in [-0.2, 0) is 9.47 Å². The van der Waals surface area contributed by atoms with Crippen molar-refractivity contribution in [2.24, 2.45) is 5.92 Å². The van der Waals surface area contributed by atoms with Gasteiger partial charge in [0.1, 0.15) is 0 Å². The summed E-state index contributed by atoms with van der Waals surface area (Å²) in [5.74, 6) is 0.600. The summed E-state index contributed by atoms with van der Waals surface area (Å²) in [6.07, 6.45) is 3.31. The summed E-state index contributed by atoms with van der Waals surface area (Å²) < 4.78 is 11.0. The largest absolute Gasteiger partial charge is 0.383 e. The van der Waals surface area contributed by atoms with Gasteiger partial charge in [0.05, 0.1) is 31.4 Å². The molecule has 5 nitrogen and oxygen atoms in total. The van der Waals surface area contributed by atoms with E-state index in [2.05, 4.69) is 19.2 Å². The van der Waals surface area contributed by atoms with Crippen LogP contribution in [0.4, 0.5) is 4.79 Å². The molecule has 1 N–H and O–H groups in total. The van der Waals surface area contributed by atoms with Crippen LogP contribution in [0.5, 0.6) is 0 Å². The van der Waals surface area contributed by atoms with Crippen LogP contribution in [0, 0.1) is 5.92 Å². The van der Waals surface area contributed by atoms with E-state index in [0.29, 0.717) is 32.2 Å². The highest BCUT2D eigenvalue weighted by atomic mass is 16.5. The van der Waals surface area contributed by atoms with E-state index in [0.717, 1.165) is 6.42 Å². The molecular weight excluding hydrogens is 244 g/mol. The highest BCUT2D eigenvalue weighted by Gasteiger charge is 2.36. The van der Waals surface area contributed by atoms with Crippen LogP contribution in [0.3, 0.4) is 0 Å². The van der Waals surface area contributed by atoms with Crippen LogP contribution < -0.4 is 5.32 Å². The first-order chi connectivity index (χ1) is 9.08. The molecule has 0 unspecified atom stereocenters. The molecule has 2 fully saturated rings. The molecule has 19 heavy (non-hydrogen) atoms. The van der Waals surface area contributed by atoms with E-state index in [1.807, 2.05) is 4.90 Å². The topological polar surface area (TPSA) is 50.8 Å². The number of ether oxygens (including phenoxy) is 2. The number of hydrogen-bond donors (Lipinski definition) is 1. The monoisotopic (exact) mass is 270 g/mol. The van der Waals surface area contributed by atoms with Gasteiger partial charge in [-0.25, -0.2) is 4.79 Å². The number of carbonyl (C=O) groups excluding carboxylic acids is 1. The molecule has 0 bridgehead atoms. The van der Waals surface area contributed by atoms with Crippen molar-refractivity contribution >= 4 is 6.03 Å². The van der Waals surface area contributed by atoms with Crippen LogP contribution in [0.15, 0.2) is 0 Å². The van der Waals surface area contributed by atoms with Crippen molar-refractivity contribution in [3.05, 3.63) is 0 Å². The zero-order valence-corrected chi connectivity index (χ0v) is 12.3. The van der Waals surface area contributed by atoms with Crippen molar-refractivity contribution < 1.29 is 14.3 Å². The molecule has 1 saturated carbocycles. The van der Waals surface area contributed by atoms with Crippen LogP contribution >= 0.6 is 0 Å². The minimum absolute atomic E-state index is 0.0249. The summed E-state index contributed by atoms with van der Waals surface area (Å²) in [6, 6.07) is 0.185. The average Bonchev–Trinajstić information content (AvgIpc) is 3.22. The van der Waals surface area contributed by atoms with E-state index < -0.39 is 0 Å². The molecule has 110 valence electrons. The summed E-state index contributed by atoms with van der Waals surface area (Å²) in [4.78, 5) is 14.2. The zero-order chi connectivity index (χ0) is 13.9. The van der Waals surface area contributed by atoms with Gasteiger partial charge in [-0.2, -0.15) is 0 Å². The Morgan fingerprint density at radius 1 is 1.58 bits per heavy atom. The van der Waals surface area contributed by atoms with E-state index in [4.69, 9.17) is 9.47 Å². The second-order valence-corrected chi connectivity index (χ2v) is 5.92. The van der Waals surface area contributed by atoms with Crippen molar-refractivity contribution in [1.82, 2.24) is 10.2 Å². The third-order valence-electron chi connectivity index (χ3n) is 4.22. The molecule has 0 aromatic carbocycles. The van der Waals surface area contributed by atoms with Gasteiger partial charge in [-0.05, 0) is 32.1 Å². The number of nitrogens with zero attached hydrogens (tertiary/aromatic N) is 1. The lowest BCUT2D eigenvalue weighted by Gasteiger charge is -2.40. The molecule has 2 aliphatic rings. The summed E-state index contributed by atoms with van der Waals surface area (Å²) in [5.41, 5.74) is -0.202. The molecule has 2 amide bonds. The van der Waals surface area contributed by atoms with Crippen molar-refractivity contribution in [2.75, 3.05) is 33.4 Å². The molecule has 1 saturated heterocycles. The maximum atomic E-state index is 12.3. The van der Waals surface area contributed by atoms with E-state index in [-0.39, 0.29) is 17.7 Å². The SMILES string of the molecule is CC[C@]1(C)CN(C(=O)N[C@H](COC)C2CC2)CCO1. The summed E-state index contributed by atoms with van der Waals surface area (Å²) in [6.45, 7) is 6.73. The maximum Gasteiger partial charge on any atom is 0.317 e. The molecule has 0 spiro atoms.